The Kier molecular flexibility index (Phi) is 4.86. The van der Waals surface area contributed by atoms with Gasteiger partial charge in [-0.1, -0.05) is 29.3 Å². The number of benzene rings is 1. The van der Waals surface area contributed by atoms with Crippen LogP contribution in [-0.4, -0.2) is 16.1 Å². The van der Waals surface area contributed by atoms with Crippen LogP contribution in [-0.2, 0) is 13.5 Å². The third-order valence-corrected chi connectivity index (χ3v) is 3.90. The van der Waals surface area contributed by atoms with Crippen LogP contribution in [0.3, 0.4) is 0 Å². The van der Waals surface area contributed by atoms with Crippen molar-refractivity contribution in [2.75, 3.05) is 6.54 Å². The highest BCUT2D eigenvalue weighted by Gasteiger charge is 2.07. The minimum Gasteiger partial charge on any atom is -0.338 e. The van der Waals surface area contributed by atoms with Crippen molar-refractivity contribution in [1.82, 2.24) is 14.9 Å². The highest BCUT2D eigenvalue weighted by atomic mass is 35.5. The number of aromatic nitrogens is 2. The first kappa shape index (κ1) is 14.4. The zero-order valence-corrected chi connectivity index (χ0v) is 12.5. The number of nitrogens with zero attached hydrogens (tertiary/aromatic N) is 2. The van der Waals surface area contributed by atoms with Gasteiger partial charge < -0.3 is 9.88 Å². The Morgan fingerprint density at radius 2 is 2.11 bits per heavy atom. The lowest BCUT2D eigenvalue weighted by Crippen LogP contribution is -2.22. The Morgan fingerprint density at radius 1 is 1.32 bits per heavy atom. The maximum atomic E-state index is 6.02. The standard InChI is InChI=1S/C14H17Cl2N3/c1-10(11-3-4-12(15)13(16)9-11)17-6-5-14-18-7-8-19(14)2/h3-4,7-10,17H,5-6H2,1-2H3. The Morgan fingerprint density at radius 3 is 2.74 bits per heavy atom. The number of nitrogens with one attached hydrogen (secondary N) is 1. The molecule has 1 heterocycles. The molecule has 0 aliphatic rings. The van der Waals surface area contributed by atoms with E-state index in [1.165, 1.54) is 0 Å². The molecule has 0 fully saturated rings. The van der Waals surface area contributed by atoms with Gasteiger partial charge in [-0.25, -0.2) is 4.98 Å². The maximum Gasteiger partial charge on any atom is 0.109 e. The molecule has 1 atom stereocenters. The summed E-state index contributed by atoms with van der Waals surface area (Å²) in [5, 5.41) is 4.64. The van der Waals surface area contributed by atoms with E-state index in [1.807, 2.05) is 42.2 Å². The molecule has 1 aromatic carbocycles. The van der Waals surface area contributed by atoms with Crippen LogP contribution in [0.4, 0.5) is 0 Å². The highest BCUT2D eigenvalue weighted by Crippen LogP contribution is 2.25. The van der Waals surface area contributed by atoms with Gasteiger partial charge in [-0.15, -0.1) is 0 Å². The summed E-state index contributed by atoms with van der Waals surface area (Å²) in [6.07, 6.45) is 4.67. The van der Waals surface area contributed by atoms with Crippen LogP contribution < -0.4 is 5.32 Å². The zero-order valence-electron chi connectivity index (χ0n) is 11.0. The van der Waals surface area contributed by atoms with Gasteiger partial charge in [0.2, 0.25) is 0 Å². The van der Waals surface area contributed by atoms with Crippen molar-refractivity contribution in [3.05, 3.63) is 52.0 Å². The van der Waals surface area contributed by atoms with Gasteiger partial charge in [-0.05, 0) is 24.6 Å². The summed E-state index contributed by atoms with van der Waals surface area (Å²) in [6.45, 7) is 2.98. The van der Waals surface area contributed by atoms with E-state index in [1.54, 1.807) is 0 Å². The SMILES string of the molecule is CC(NCCc1nccn1C)c1ccc(Cl)c(Cl)c1. The molecule has 0 saturated heterocycles. The van der Waals surface area contributed by atoms with Gasteiger partial charge in [-0.3, -0.25) is 0 Å². The van der Waals surface area contributed by atoms with Crippen molar-refractivity contribution in [1.29, 1.82) is 0 Å². The lowest BCUT2D eigenvalue weighted by molar-refractivity contribution is 0.565. The van der Waals surface area contributed by atoms with Crippen LogP contribution in [0.25, 0.3) is 0 Å². The average molecular weight is 298 g/mol. The molecule has 3 nitrogen and oxygen atoms in total. The average Bonchev–Trinajstić information content (AvgIpc) is 2.78. The first-order valence-corrected chi connectivity index (χ1v) is 6.98. The lowest BCUT2D eigenvalue weighted by Gasteiger charge is -2.14. The lowest BCUT2D eigenvalue weighted by atomic mass is 10.1. The third-order valence-electron chi connectivity index (χ3n) is 3.16. The van der Waals surface area contributed by atoms with E-state index in [0.717, 1.165) is 24.4 Å². The molecular formula is C14H17Cl2N3. The summed E-state index contributed by atoms with van der Waals surface area (Å²) >= 11 is 11.9. The van der Waals surface area contributed by atoms with Gasteiger partial charge in [0.05, 0.1) is 10.0 Å². The summed E-state index contributed by atoms with van der Waals surface area (Å²) in [5.74, 6) is 1.08. The molecule has 0 spiro atoms. The topological polar surface area (TPSA) is 29.9 Å². The molecular weight excluding hydrogens is 281 g/mol. The molecule has 0 saturated carbocycles. The molecule has 0 bridgehead atoms. The minimum absolute atomic E-state index is 0.232. The van der Waals surface area contributed by atoms with Gasteiger partial charge in [0.25, 0.3) is 0 Å². The van der Waals surface area contributed by atoms with Crippen molar-refractivity contribution in [2.24, 2.45) is 7.05 Å². The normalized spacial score (nSPS) is 12.6. The molecule has 1 aromatic heterocycles. The van der Waals surface area contributed by atoms with E-state index in [9.17, 15) is 0 Å². The number of hydrogen-bond acceptors (Lipinski definition) is 2. The van der Waals surface area contributed by atoms with Gasteiger partial charge in [0, 0.05) is 38.4 Å². The van der Waals surface area contributed by atoms with E-state index in [2.05, 4.69) is 17.2 Å². The van der Waals surface area contributed by atoms with E-state index in [-0.39, 0.29) is 6.04 Å². The summed E-state index contributed by atoms with van der Waals surface area (Å²) in [4.78, 5) is 4.30. The van der Waals surface area contributed by atoms with Crippen molar-refractivity contribution < 1.29 is 0 Å². The molecule has 0 amide bonds. The van der Waals surface area contributed by atoms with E-state index < -0.39 is 0 Å². The molecule has 1 N–H and O–H groups in total. The van der Waals surface area contributed by atoms with Crippen molar-refractivity contribution in [3.8, 4) is 0 Å². The largest absolute Gasteiger partial charge is 0.338 e. The van der Waals surface area contributed by atoms with Crippen LogP contribution in [0.15, 0.2) is 30.6 Å². The monoisotopic (exact) mass is 297 g/mol. The van der Waals surface area contributed by atoms with Crippen LogP contribution in [0.1, 0.15) is 24.4 Å². The molecule has 2 aromatic rings. The molecule has 19 heavy (non-hydrogen) atoms. The van der Waals surface area contributed by atoms with Crippen molar-refractivity contribution >= 4 is 23.2 Å². The summed E-state index contributed by atoms with van der Waals surface area (Å²) in [6, 6.07) is 5.96. The molecule has 5 heteroatoms. The van der Waals surface area contributed by atoms with Gasteiger partial charge in [0.1, 0.15) is 5.82 Å². The smallest absolute Gasteiger partial charge is 0.109 e. The third kappa shape index (κ3) is 3.72. The minimum atomic E-state index is 0.232. The van der Waals surface area contributed by atoms with Crippen LogP contribution in [0.5, 0.6) is 0 Å². The second-order valence-corrected chi connectivity index (χ2v) is 5.37. The van der Waals surface area contributed by atoms with Crippen LogP contribution in [0, 0.1) is 0 Å². The first-order chi connectivity index (χ1) is 9.08. The maximum absolute atomic E-state index is 6.02. The fourth-order valence-corrected chi connectivity index (χ4v) is 2.24. The molecule has 0 aliphatic carbocycles. The molecule has 2 rings (SSSR count). The van der Waals surface area contributed by atoms with E-state index in [0.29, 0.717) is 10.0 Å². The predicted octanol–water partition coefficient (Wildman–Crippen LogP) is 3.62. The van der Waals surface area contributed by atoms with Crippen molar-refractivity contribution in [2.45, 2.75) is 19.4 Å². The summed E-state index contributed by atoms with van der Waals surface area (Å²) in [5.41, 5.74) is 1.13. The molecule has 0 radical (unpaired) electrons. The Bertz CT molecular complexity index is 551. The van der Waals surface area contributed by atoms with Gasteiger partial charge in [0.15, 0.2) is 0 Å². The highest BCUT2D eigenvalue weighted by molar-refractivity contribution is 6.42. The summed E-state index contributed by atoms with van der Waals surface area (Å²) < 4.78 is 2.03. The number of hydrogen-bond donors (Lipinski definition) is 1. The first-order valence-electron chi connectivity index (χ1n) is 6.22. The van der Waals surface area contributed by atoms with Gasteiger partial charge in [-0.2, -0.15) is 0 Å². The zero-order chi connectivity index (χ0) is 13.8. The van der Waals surface area contributed by atoms with E-state index in [4.69, 9.17) is 23.2 Å². The Hall–Kier alpha value is -1.03. The number of rotatable bonds is 5. The second kappa shape index (κ2) is 6.42. The fraction of sp³-hybridized carbons (Fsp3) is 0.357. The van der Waals surface area contributed by atoms with Crippen LogP contribution >= 0.6 is 23.2 Å². The van der Waals surface area contributed by atoms with Crippen LogP contribution in [0.2, 0.25) is 10.0 Å². The molecule has 102 valence electrons. The Labute approximate surface area is 123 Å². The molecule has 1 unspecified atom stereocenters. The number of imidazole rings is 1. The second-order valence-electron chi connectivity index (χ2n) is 4.55. The number of aryl methyl sites for hydroxylation is 1. The Balaban J connectivity index is 1.89. The molecule has 0 aliphatic heterocycles. The fourth-order valence-electron chi connectivity index (χ4n) is 1.94. The van der Waals surface area contributed by atoms with E-state index >= 15 is 0 Å². The quantitative estimate of drug-likeness (QED) is 0.913. The van der Waals surface area contributed by atoms with Gasteiger partial charge >= 0.3 is 0 Å². The predicted molar refractivity (Wildman–Crippen MR) is 79.8 cm³/mol. The number of halogens is 2. The summed E-state index contributed by atoms with van der Waals surface area (Å²) in [7, 11) is 2.00. The van der Waals surface area contributed by atoms with Crippen molar-refractivity contribution in [3.63, 3.8) is 0 Å².